The Morgan fingerprint density at radius 1 is 1.20 bits per heavy atom. The van der Waals surface area contributed by atoms with E-state index >= 15 is 0 Å². The molecule has 1 aromatic carbocycles. The third-order valence-electron chi connectivity index (χ3n) is 2.77. The van der Waals surface area contributed by atoms with Crippen molar-refractivity contribution in [3.8, 4) is 5.75 Å². The molecule has 1 heterocycles. The summed E-state index contributed by atoms with van der Waals surface area (Å²) in [5, 5.41) is 0. The highest BCUT2D eigenvalue weighted by atomic mass is 79.9. The molecule has 0 aliphatic heterocycles. The van der Waals surface area contributed by atoms with Crippen LogP contribution in [0.4, 0.5) is 4.39 Å². The molecule has 0 aliphatic rings. The molecule has 1 aromatic heterocycles. The van der Waals surface area contributed by atoms with Crippen LogP contribution in [-0.2, 0) is 0 Å². The number of aromatic nitrogens is 1. The Kier molecular flexibility index (Phi) is 4.73. The molecule has 0 bridgehead atoms. The highest BCUT2D eigenvalue weighted by molar-refractivity contribution is 9.10. The second kappa shape index (κ2) is 6.33. The Morgan fingerprint density at radius 3 is 2.60 bits per heavy atom. The topological polar surface area (TPSA) is 48.1 Å². The maximum absolute atomic E-state index is 13.6. The first-order chi connectivity index (χ1) is 9.47. The lowest BCUT2D eigenvalue weighted by Gasteiger charge is -2.15. The highest BCUT2D eigenvalue weighted by Gasteiger charge is 2.12. The Morgan fingerprint density at radius 2 is 1.95 bits per heavy atom. The average molecular weight is 339 g/mol. The van der Waals surface area contributed by atoms with Gasteiger partial charge in [0.05, 0.1) is 22.8 Å². The number of ether oxygens (including phenoxy) is 1. The minimum atomic E-state index is -0.444. The molecule has 0 aliphatic carbocycles. The average Bonchev–Trinajstić information content (AvgIpc) is 2.40. The van der Waals surface area contributed by atoms with Crippen molar-refractivity contribution in [2.45, 2.75) is 26.0 Å². The van der Waals surface area contributed by atoms with Gasteiger partial charge in [0.15, 0.2) is 0 Å². The van der Waals surface area contributed by atoms with Crippen LogP contribution >= 0.6 is 15.9 Å². The minimum absolute atomic E-state index is 0.0633. The quantitative estimate of drug-likeness (QED) is 0.921. The maximum Gasteiger partial charge on any atom is 0.138 e. The second-order valence-corrected chi connectivity index (χ2v) is 5.63. The van der Waals surface area contributed by atoms with Crippen LogP contribution in [0, 0.1) is 5.82 Å². The molecule has 0 saturated carbocycles. The lowest BCUT2D eigenvalue weighted by Crippen LogP contribution is -2.13. The van der Waals surface area contributed by atoms with E-state index in [1.165, 1.54) is 6.07 Å². The third kappa shape index (κ3) is 3.55. The monoisotopic (exact) mass is 338 g/mol. The summed E-state index contributed by atoms with van der Waals surface area (Å²) in [6.07, 6.45) is 3.37. The van der Waals surface area contributed by atoms with E-state index in [4.69, 9.17) is 10.5 Å². The molecule has 2 aromatic rings. The van der Waals surface area contributed by atoms with E-state index in [-0.39, 0.29) is 11.9 Å². The van der Waals surface area contributed by atoms with Crippen molar-refractivity contribution in [3.05, 3.63) is 58.1 Å². The molecule has 0 fully saturated rings. The zero-order chi connectivity index (χ0) is 14.7. The number of benzene rings is 1. The van der Waals surface area contributed by atoms with Crippen LogP contribution in [0.5, 0.6) is 5.75 Å². The molecule has 2 N–H and O–H groups in total. The van der Waals surface area contributed by atoms with Crippen molar-refractivity contribution in [1.82, 2.24) is 4.98 Å². The van der Waals surface area contributed by atoms with Crippen LogP contribution in [0.15, 0.2) is 41.1 Å². The third-order valence-corrected chi connectivity index (χ3v) is 3.41. The van der Waals surface area contributed by atoms with Gasteiger partial charge >= 0.3 is 0 Å². The summed E-state index contributed by atoms with van der Waals surface area (Å²) in [5.74, 6) is 0.325. The zero-order valence-corrected chi connectivity index (χ0v) is 12.9. The second-order valence-electron chi connectivity index (χ2n) is 4.77. The number of nitrogens with two attached hydrogens (primary N) is 1. The Bertz CT molecular complexity index is 604. The van der Waals surface area contributed by atoms with Crippen molar-refractivity contribution < 1.29 is 9.13 Å². The fraction of sp³-hybridized carbons (Fsp3) is 0.267. The van der Waals surface area contributed by atoms with Gasteiger partial charge in [-0.2, -0.15) is 0 Å². The molecule has 1 unspecified atom stereocenters. The first-order valence-electron chi connectivity index (χ1n) is 6.29. The summed E-state index contributed by atoms with van der Waals surface area (Å²) < 4.78 is 19.6. The molecule has 106 valence electrons. The van der Waals surface area contributed by atoms with Crippen LogP contribution in [0.1, 0.15) is 31.0 Å². The normalized spacial score (nSPS) is 12.5. The van der Waals surface area contributed by atoms with E-state index < -0.39 is 6.04 Å². The number of hydrogen-bond donors (Lipinski definition) is 1. The summed E-state index contributed by atoms with van der Waals surface area (Å²) in [6, 6.07) is 6.24. The zero-order valence-electron chi connectivity index (χ0n) is 11.3. The van der Waals surface area contributed by atoms with Crippen LogP contribution in [-0.4, -0.2) is 11.1 Å². The van der Waals surface area contributed by atoms with Gasteiger partial charge in [-0.25, -0.2) is 4.39 Å². The number of hydrogen-bond acceptors (Lipinski definition) is 3. The van der Waals surface area contributed by atoms with E-state index in [1.54, 1.807) is 24.5 Å². The molecule has 0 radical (unpaired) electrons. The van der Waals surface area contributed by atoms with Gasteiger partial charge in [0, 0.05) is 6.20 Å². The van der Waals surface area contributed by atoms with Crippen LogP contribution in [0.3, 0.4) is 0 Å². The molecule has 0 amide bonds. The van der Waals surface area contributed by atoms with Crippen molar-refractivity contribution in [1.29, 1.82) is 0 Å². The fourth-order valence-electron chi connectivity index (χ4n) is 1.84. The van der Waals surface area contributed by atoms with Crippen LogP contribution in [0.25, 0.3) is 0 Å². The number of pyridine rings is 1. The highest BCUT2D eigenvalue weighted by Crippen LogP contribution is 2.25. The van der Waals surface area contributed by atoms with E-state index in [2.05, 4.69) is 20.9 Å². The lowest BCUT2D eigenvalue weighted by molar-refractivity contribution is 0.241. The predicted octanol–water partition coefficient (Wildman–Crippen LogP) is 3.82. The molecular formula is C15H16BrFN2O. The molecule has 0 spiro atoms. The molecule has 2 rings (SSSR count). The van der Waals surface area contributed by atoms with Gasteiger partial charge in [0.25, 0.3) is 0 Å². The SMILES string of the molecule is CC(C)Oc1cncc(C(N)c2ccc(Br)c(F)c2)c1. The summed E-state index contributed by atoms with van der Waals surface area (Å²) in [4.78, 5) is 4.12. The fourth-order valence-corrected chi connectivity index (χ4v) is 2.09. The number of rotatable bonds is 4. The van der Waals surface area contributed by atoms with E-state index in [0.717, 1.165) is 5.56 Å². The number of halogens is 2. The van der Waals surface area contributed by atoms with Gasteiger partial charge < -0.3 is 10.5 Å². The number of nitrogens with zero attached hydrogens (tertiary/aromatic N) is 1. The lowest BCUT2D eigenvalue weighted by atomic mass is 10.0. The maximum atomic E-state index is 13.6. The molecule has 0 saturated heterocycles. The van der Waals surface area contributed by atoms with Gasteiger partial charge in [-0.1, -0.05) is 6.07 Å². The van der Waals surface area contributed by atoms with Crippen LogP contribution < -0.4 is 10.5 Å². The van der Waals surface area contributed by atoms with Gasteiger partial charge in [0.2, 0.25) is 0 Å². The van der Waals surface area contributed by atoms with Gasteiger partial charge in [-0.15, -0.1) is 0 Å². The first kappa shape index (κ1) is 14.9. The summed E-state index contributed by atoms with van der Waals surface area (Å²) in [7, 11) is 0. The van der Waals surface area contributed by atoms with Gasteiger partial charge in [-0.05, 0) is 59.1 Å². The standard InChI is InChI=1S/C15H16BrFN2O/c1-9(2)20-12-5-11(7-19-8-12)15(18)10-3-4-13(16)14(17)6-10/h3-9,15H,18H2,1-2H3. The largest absolute Gasteiger partial charge is 0.489 e. The minimum Gasteiger partial charge on any atom is -0.489 e. The predicted molar refractivity (Wildman–Crippen MR) is 80.1 cm³/mol. The van der Waals surface area contributed by atoms with Crippen molar-refractivity contribution >= 4 is 15.9 Å². The Hall–Kier alpha value is -1.46. The van der Waals surface area contributed by atoms with Crippen molar-refractivity contribution in [2.24, 2.45) is 5.73 Å². The summed E-state index contributed by atoms with van der Waals surface area (Å²) >= 11 is 3.13. The molecule has 1 atom stereocenters. The summed E-state index contributed by atoms with van der Waals surface area (Å²) in [6.45, 7) is 3.88. The van der Waals surface area contributed by atoms with E-state index in [1.807, 2.05) is 19.9 Å². The molecular weight excluding hydrogens is 323 g/mol. The van der Waals surface area contributed by atoms with Gasteiger partial charge in [0.1, 0.15) is 11.6 Å². The summed E-state index contributed by atoms with van der Waals surface area (Å²) in [5.41, 5.74) is 7.63. The van der Waals surface area contributed by atoms with Crippen LogP contribution in [0.2, 0.25) is 0 Å². The smallest absolute Gasteiger partial charge is 0.138 e. The molecule has 3 nitrogen and oxygen atoms in total. The van der Waals surface area contributed by atoms with Crippen molar-refractivity contribution in [3.63, 3.8) is 0 Å². The van der Waals surface area contributed by atoms with E-state index in [0.29, 0.717) is 15.8 Å². The van der Waals surface area contributed by atoms with Gasteiger partial charge in [-0.3, -0.25) is 4.98 Å². The molecule has 20 heavy (non-hydrogen) atoms. The Balaban J connectivity index is 2.28. The first-order valence-corrected chi connectivity index (χ1v) is 7.09. The molecule has 5 heteroatoms. The van der Waals surface area contributed by atoms with Crippen molar-refractivity contribution in [2.75, 3.05) is 0 Å². The Labute approximate surface area is 126 Å². The van der Waals surface area contributed by atoms with E-state index in [9.17, 15) is 4.39 Å².